The highest BCUT2D eigenvalue weighted by molar-refractivity contribution is 5.60. The molecule has 2 rings (SSSR count). The average molecular weight is 230 g/mol. The summed E-state index contributed by atoms with van der Waals surface area (Å²) in [6.07, 6.45) is 3.67. The van der Waals surface area contributed by atoms with Gasteiger partial charge in [0.15, 0.2) is 0 Å². The van der Waals surface area contributed by atoms with Crippen LogP contribution in [0, 0.1) is 5.41 Å². The normalized spacial score (nSPS) is 11.7. The summed E-state index contributed by atoms with van der Waals surface area (Å²) in [6.45, 7) is 7.48. The molecule has 0 aliphatic rings. The van der Waals surface area contributed by atoms with Gasteiger partial charge in [-0.25, -0.2) is 4.98 Å². The summed E-state index contributed by atoms with van der Waals surface area (Å²) in [5.74, 6) is 0.283. The summed E-state index contributed by atoms with van der Waals surface area (Å²) in [5, 5.41) is 9.51. The maximum absolute atomic E-state index is 9.51. The minimum atomic E-state index is 0.201. The summed E-state index contributed by atoms with van der Waals surface area (Å²) in [6, 6.07) is 7.26. The van der Waals surface area contributed by atoms with E-state index < -0.39 is 0 Å². The van der Waals surface area contributed by atoms with Crippen LogP contribution in [-0.2, 0) is 6.54 Å². The molecule has 0 bridgehead atoms. The second-order valence-electron chi connectivity index (χ2n) is 5.52. The van der Waals surface area contributed by atoms with E-state index in [9.17, 15) is 5.11 Å². The van der Waals surface area contributed by atoms with E-state index in [1.165, 1.54) is 0 Å². The Labute approximate surface area is 102 Å². The largest absolute Gasteiger partial charge is 0.508 e. The lowest BCUT2D eigenvalue weighted by atomic mass is 9.96. The van der Waals surface area contributed by atoms with E-state index in [4.69, 9.17) is 0 Å². The smallest absolute Gasteiger partial charge is 0.116 e. The van der Waals surface area contributed by atoms with Gasteiger partial charge in [0.1, 0.15) is 5.75 Å². The van der Waals surface area contributed by atoms with Gasteiger partial charge < -0.3 is 9.67 Å². The van der Waals surface area contributed by atoms with Crippen LogP contribution in [0.25, 0.3) is 11.3 Å². The molecule has 1 heterocycles. The number of benzene rings is 1. The van der Waals surface area contributed by atoms with Crippen molar-refractivity contribution in [1.82, 2.24) is 9.55 Å². The number of hydrogen-bond acceptors (Lipinski definition) is 2. The lowest BCUT2D eigenvalue weighted by Gasteiger charge is -2.20. The van der Waals surface area contributed by atoms with Crippen LogP contribution in [0.3, 0.4) is 0 Å². The third-order valence-corrected chi connectivity index (χ3v) is 2.50. The molecule has 1 aromatic carbocycles. The van der Waals surface area contributed by atoms with Crippen LogP contribution < -0.4 is 0 Å². The van der Waals surface area contributed by atoms with Gasteiger partial charge in [0, 0.05) is 12.1 Å². The molecule has 90 valence electrons. The maximum atomic E-state index is 9.51. The molecule has 1 N–H and O–H groups in total. The Hall–Kier alpha value is -1.77. The third kappa shape index (κ3) is 2.87. The highest BCUT2D eigenvalue weighted by atomic mass is 16.3. The maximum Gasteiger partial charge on any atom is 0.116 e. The first-order valence-electron chi connectivity index (χ1n) is 5.75. The number of nitrogens with zero attached hydrogens (tertiary/aromatic N) is 2. The molecule has 3 heteroatoms. The number of imidazole rings is 1. The van der Waals surface area contributed by atoms with Crippen LogP contribution in [0.15, 0.2) is 36.8 Å². The van der Waals surface area contributed by atoms with Crippen molar-refractivity contribution in [3.8, 4) is 17.0 Å². The first kappa shape index (κ1) is 11.7. The fourth-order valence-electron chi connectivity index (χ4n) is 1.86. The van der Waals surface area contributed by atoms with Crippen LogP contribution in [0.2, 0.25) is 0 Å². The molecular weight excluding hydrogens is 212 g/mol. The second kappa shape index (κ2) is 4.24. The van der Waals surface area contributed by atoms with Gasteiger partial charge in [0.25, 0.3) is 0 Å². The van der Waals surface area contributed by atoms with Gasteiger partial charge in [-0.15, -0.1) is 0 Å². The van der Waals surface area contributed by atoms with Crippen molar-refractivity contribution >= 4 is 0 Å². The van der Waals surface area contributed by atoms with E-state index in [0.29, 0.717) is 0 Å². The molecule has 3 nitrogen and oxygen atoms in total. The minimum absolute atomic E-state index is 0.201. The molecule has 17 heavy (non-hydrogen) atoms. The molecule has 1 aromatic heterocycles. The minimum Gasteiger partial charge on any atom is -0.508 e. The van der Waals surface area contributed by atoms with Gasteiger partial charge in [0.05, 0.1) is 18.2 Å². The molecule has 0 unspecified atom stereocenters. The standard InChI is InChI=1S/C14H18N2O/c1-14(2,3)9-16-10-15-8-13(16)11-5-4-6-12(17)7-11/h4-8,10,17H,9H2,1-3H3. The molecular formula is C14H18N2O. The molecule has 0 aliphatic carbocycles. The highest BCUT2D eigenvalue weighted by Crippen LogP contribution is 2.25. The summed E-state index contributed by atoms with van der Waals surface area (Å²) in [5.41, 5.74) is 2.23. The molecule has 0 atom stereocenters. The number of phenols is 1. The van der Waals surface area contributed by atoms with Crippen molar-refractivity contribution in [1.29, 1.82) is 0 Å². The van der Waals surface area contributed by atoms with E-state index in [0.717, 1.165) is 17.8 Å². The highest BCUT2D eigenvalue weighted by Gasteiger charge is 2.14. The lowest BCUT2D eigenvalue weighted by molar-refractivity contribution is 0.345. The van der Waals surface area contributed by atoms with Crippen molar-refractivity contribution in [2.75, 3.05) is 0 Å². The summed E-state index contributed by atoms with van der Waals surface area (Å²) in [7, 11) is 0. The molecule has 0 amide bonds. The Morgan fingerprint density at radius 3 is 2.71 bits per heavy atom. The second-order valence-corrected chi connectivity index (χ2v) is 5.52. The summed E-state index contributed by atoms with van der Waals surface area (Å²) < 4.78 is 2.12. The molecule has 0 fully saturated rings. The van der Waals surface area contributed by atoms with E-state index >= 15 is 0 Å². The lowest BCUT2D eigenvalue weighted by Crippen LogP contribution is -2.15. The first-order chi connectivity index (χ1) is 7.96. The van der Waals surface area contributed by atoms with Crippen molar-refractivity contribution in [2.45, 2.75) is 27.3 Å². The van der Waals surface area contributed by atoms with Gasteiger partial charge in [-0.05, 0) is 17.5 Å². The van der Waals surface area contributed by atoms with E-state index in [1.807, 2.05) is 24.7 Å². The van der Waals surface area contributed by atoms with E-state index in [1.54, 1.807) is 12.1 Å². The molecule has 2 aromatic rings. The number of phenolic OH excluding ortho intramolecular Hbond substituents is 1. The monoisotopic (exact) mass is 230 g/mol. The Kier molecular flexibility index (Phi) is 2.92. The number of hydrogen-bond donors (Lipinski definition) is 1. The van der Waals surface area contributed by atoms with Gasteiger partial charge in [-0.1, -0.05) is 32.9 Å². The van der Waals surface area contributed by atoms with E-state index in [2.05, 4.69) is 30.3 Å². The van der Waals surface area contributed by atoms with Crippen LogP contribution in [0.4, 0.5) is 0 Å². The zero-order valence-electron chi connectivity index (χ0n) is 10.5. The number of aromatic nitrogens is 2. The van der Waals surface area contributed by atoms with Crippen molar-refractivity contribution in [3.63, 3.8) is 0 Å². The molecule has 0 saturated carbocycles. The Bertz CT molecular complexity index is 509. The van der Waals surface area contributed by atoms with Crippen LogP contribution in [0.1, 0.15) is 20.8 Å². The quantitative estimate of drug-likeness (QED) is 0.859. The SMILES string of the molecule is CC(C)(C)Cn1cncc1-c1cccc(O)c1. The predicted molar refractivity (Wildman–Crippen MR) is 68.8 cm³/mol. The molecule has 0 aliphatic heterocycles. The van der Waals surface area contributed by atoms with Crippen LogP contribution in [-0.4, -0.2) is 14.7 Å². The zero-order valence-corrected chi connectivity index (χ0v) is 10.5. The topological polar surface area (TPSA) is 38.0 Å². The molecule has 0 saturated heterocycles. The Morgan fingerprint density at radius 2 is 2.06 bits per heavy atom. The van der Waals surface area contributed by atoms with E-state index in [-0.39, 0.29) is 11.2 Å². The number of aromatic hydroxyl groups is 1. The number of rotatable bonds is 2. The van der Waals surface area contributed by atoms with Crippen molar-refractivity contribution < 1.29 is 5.11 Å². The van der Waals surface area contributed by atoms with Crippen LogP contribution >= 0.6 is 0 Å². The summed E-state index contributed by atoms with van der Waals surface area (Å²) in [4.78, 5) is 4.19. The van der Waals surface area contributed by atoms with Crippen LogP contribution in [0.5, 0.6) is 5.75 Å². The Balaban J connectivity index is 2.37. The van der Waals surface area contributed by atoms with Gasteiger partial charge >= 0.3 is 0 Å². The zero-order chi connectivity index (χ0) is 12.5. The molecule has 0 radical (unpaired) electrons. The molecule has 0 spiro atoms. The van der Waals surface area contributed by atoms with Crippen molar-refractivity contribution in [2.24, 2.45) is 5.41 Å². The first-order valence-corrected chi connectivity index (χ1v) is 5.75. The average Bonchev–Trinajstić information content (AvgIpc) is 2.63. The fourth-order valence-corrected chi connectivity index (χ4v) is 1.86. The van der Waals surface area contributed by atoms with Crippen molar-refractivity contribution in [3.05, 3.63) is 36.8 Å². The van der Waals surface area contributed by atoms with Gasteiger partial charge in [-0.2, -0.15) is 0 Å². The predicted octanol–water partition coefficient (Wildman–Crippen LogP) is 3.30. The fraction of sp³-hybridized carbons (Fsp3) is 0.357. The Morgan fingerprint density at radius 1 is 1.29 bits per heavy atom. The van der Waals surface area contributed by atoms with Gasteiger partial charge in [-0.3, -0.25) is 0 Å². The van der Waals surface area contributed by atoms with Gasteiger partial charge in [0.2, 0.25) is 0 Å². The summed E-state index contributed by atoms with van der Waals surface area (Å²) >= 11 is 0. The third-order valence-electron chi connectivity index (χ3n) is 2.50.